The first-order chi connectivity index (χ1) is 15.1. The molecule has 0 radical (unpaired) electrons. The minimum absolute atomic E-state index is 0.138. The van der Waals surface area contributed by atoms with Crippen LogP contribution >= 0.6 is 11.6 Å². The topological polar surface area (TPSA) is 76.6 Å². The Morgan fingerprint density at radius 1 is 1.19 bits per heavy atom. The highest BCUT2D eigenvalue weighted by Gasteiger charge is 2.31. The Hall–Kier alpha value is -3.16. The number of carbonyl (C=O) groups is 1. The number of nitrogens with zero attached hydrogens (tertiary/aromatic N) is 3. The van der Waals surface area contributed by atoms with Crippen molar-refractivity contribution in [2.24, 2.45) is 0 Å². The zero-order valence-electron chi connectivity index (χ0n) is 17.3. The number of rotatable bonds is 6. The average Bonchev–Trinajstić information content (AvgIpc) is 2.80. The van der Waals surface area contributed by atoms with E-state index in [4.69, 9.17) is 21.1 Å². The van der Waals surface area contributed by atoms with Gasteiger partial charge >= 0.3 is 0 Å². The largest absolute Gasteiger partial charge is 0.493 e. The van der Waals surface area contributed by atoms with Crippen LogP contribution in [0.1, 0.15) is 22.7 Å². The van der Waals surface area contributed by atoms with E-state index in [0.717, 1.165) is 17.5 Å². The van der Waals surface area contributed by atoms with Crippen molar-refractivity contribution in [1.29, 1.82) is 0 Å². The van der Waals surface area contributed by atoms with Gasteiger partial charge in [0.1, 0.15) is 5.82 Å². The van der Waals surface area contributed by atoms with E-state index < -0.39 is 0 Å². The van der Waals surface area contributed by atoms with Gasteiger partial charge in [-0.25, -0.2) is 4.98 Å². The number of amides is 1. The molecule has 1 aromatic carbocycles. The van der Waals surface area contributed by atoms with E-state index in [9.17, 15) is 4.79 Å². The molecular formula is C23H23ClN4O3. The number of carbonyl (C=O) groups excluding carboxylic acids is 1. The molecule has 0 bridgehead atoms. The van der Waals surface area contributed by atoms with E-state index in [-0.39, 0.29) is 18.5 Å². The molecule has 1 unspecified atom stereocenters. The average molecular weight is 439 g/mol. The lowest BCUT2D eigenvalue weighted by atomic mass is 9.88. The van der Waals surface area contributed by atoms with Gasteiger partial charge in [-0.3, -0.25) is 14.7 Å². The normalized spacial score (nSPS) is 15.8. The van der Waals surface area contributed by atoms with Crippen LogP contribution in [0.2, 0.25) is 5.02 Å². The monoisotopic (exact) mass is 438 g/mol. The van der Waals surface area contributed by atoms with Gasteiger partial charge in [-0.15, -0.1) is 0 Å². The van der Waals surface area contributed by atoms with E-state index in [1.165, 1.54) is 11.8 Å². The van der Waals surface area contributed by atoms with Crippen LogP contribution in [0.5, 0.6) is 11.5 Å². The first kappa shape index (κ1) is 21.1. The van der Waals surface area contributed by atoms with Gasteiger partial charge in [0.05, 0.1) is 31.8 Å². The molecule has 1 aliphatic rings. The van der Waals surface area contributed by atoms with Crippen LogP contribution in [0.3, 0.4) is 0 Å². The summed E-state index contributed by atoms with van der Waals surface area (Å²) in [5.41, 5.74) is 3.25. The number of nitrogens with one attached hydrogen (secondary N) is 1. The van der Waals surface area contributed by atoms with Gasteiger partial charge in [-0.1, -0.05) is 17.7 Å². The number of fused-ring (bicyclic) bond motifs is 1. The van der Waals surface area contributed by atoms with Crippen molar-refractivity contribution in [3.8, 4) is 11.5 Å². The number of methoxy groups -OCH3 is 2. The summed E-state index contributed by atoms with van der Waals surface area (Å²) < 4.78 is 11.0. The van der Waals surface area contributed by atoms with E-state index in [1.807, 2.05) is 30.5 Å². The predicted octanol–water partition coefficient (Wildman–Crippen LogP) is 3.73. The lowest BCUT2D eigenvalue weighted by molar-refractivity contribution is -0.117. The SMILES string of the molecule is COc1cc2c(cc1OC)C(c1cccnc1)N(CC(=O)Nc1ccc(Cl)cn1)CC2. The van der Waals surface area contributed by atoms with Crippen molar-refractivity contribution in [1.82, 2.24) is 14.9 Å². The zero-order chi connectivity index (χ0) is 21.8. The number of anilines is 1. The standard InChI is InChI=1S/C23H23ClN4O3/c1-30-19-10-15-7-9-28(14-22(29)27-21-6-5-17(24)13-26-21)23(16-4-3-8-25-12-16)18(15)11-20(19)31-2/h3-6,8,10-13,23H,7,9,14H2,1-2H3,(H,26,27,29). The maximum absolute atomic E-state index is 12.8. The Morgan fingerprint density at radius 2 is 2.00 bits per heavy atom. The molecule has 0 saturated carbocycles. The second-order valence-electron chi connectivity index (χ2n) is 7.23. The molecule has 0 fully saturated rings. The third-order valence-corrected chi connectivity index (χ3v) is 5.54. The van der Waals surface area contributed by atoms with Crippen LogP contribution in [0.4, 0.5) is 5.82 Å². The highest BCUT2D eigenvalue weighted by molar-refractivity contribution is 6.30. The number of ether oxygens (including phenoxy) is 2. The Morgan fingerprint density at radius 3 is 2.68 bits per heavy atom. The molecule has 8 heteroatoms. The van der Waals surface area contributed by atoms with E-state index in [2.05, 4.69) is 20.2 Å². The Kier molecular flexibility index (Phi) is 6.34. The maximum Gasteiger partial charge on any atom is 0.239 e. The summed E-state index contributed by atoms with van der Waals surface area (Å²) in [7, 11) is 3.25. The van der Waals surface area contributed by atoms with Crippen molar-refractivity contribution in [2.45, 2.75) is 12.5 Å². The third kappa shape index (κ3) is 4.62. The maximum atomic E-state index is 12.8. The summed E-state index contributed by atoms with van der Waals surface area (Å²) in [6, 6.07) is 11.2. The molecule has 0 aliphatic carbocycles. The highest BCUT2D eigenvalue weighted by atomic mass is 35.5. The first-order valence-electron chi connectivity index (χ1n) is 9.89. The predicted molar refractivity (Wildman–Crippen MR) is 119 cm³/mol. The van der Waals surface area contributed by atoms with Crippen LogP contribution in [0, 0.1) is 0 Å². The fourth-order valence-corrected chi connectivity index (χ4v) is 4.02. The van der Waals surface area contributed by atoms with Gasteiger partial charge < -0.3 is 14.8 Å². The van der Waals surface area contributed by atoms with E-state index in [1.54, 1.807) is 32.5 Å². The molecule has 1 amide bonds. The van der Waals surface area contributed by atoms with E-state index in [0.29, 0.717) is 28.9 Å². The summed E-state index contributed by atoms with van der Waals surface area (Å²) in [6.45, 7) is 0.918. The van der Waals surface area contributed by atoms with Crippen LogP contribution in [-0.4, -0.2) is 48.1 Å². The summed E-state index contributed by atoms with van der Waals surface area (Å²) in [4.78, 5) is 23.4. The highest BCUT2D eigenvalue weighted by Crippen LogP contribution is 2.40. The number of aromatic nitrogens is 2. The van der Waals surface area contributed by atoms with Crippen molar-refractivity contribution in [3.63, 3.8) is 0 Å². The molecule has 0 spiro atoms. The van der Waals surface area contributed by atoms with Crippen LogP contribution < -0.4 is 14.8 Å². The number of hydrogen-bond acceptors (Lipinski definition) is 6. The molecular weight excluding hydrogens is 416 g/mol. The Labute approximate surface area is 186 Å². The van der Waals surface area contributed by atoms with Gasteiger partial charge in [0, 0.05) is 25.1 Å². The van der Waals surface area contributed by atoms with Gasteiger partial charge in [0.2, 0.25) is 5.91 Å². The van der Waals surface area contributed by atoms with Gasteiger partial charge in [-0.2, -0.15) is 0 Å². The van der Waals surface area contributed by atoms with E-state index >= 15 is 0 Å². The van der Waals surface area contributed by atoms with Crippen molar-refractivity contribution < 1.29 is 14.3 Å². The van der Waals surface area contributed by atoms with Crippen LogP contribution in [0.25, 0.3) is 0 Å². The lowest BCUT2D eigenvalue weighted by Crippen LogP contribution is -2.41. The molecule has 1 N–H and O–H groups in total. The minimum Gasteiger partial charge on any atom is -0.493 e. The second kappa shape index (κ2) is 9.32. The molecule has 0 saturated heterocycles. The quantitative estimate of drug-likeness (QED) is 0.632. The number of halogens is 1. The number of benzene rings is 1. The smallest absolute Gasteiger partial charge is 0.239 e. The van der Waals surface area contributed by atoms with Crippen molar-refractivity contribution in [2.75, 3.05) is 32.6 Å². The fourth-order valence-electron chi connectivity index (χ4n) is 3.91. The molecule has 2 aromatic heterocycles. The zero-order valence-corrected chi connectivity index (χ0v) is 18.1. The molecule has 3 heterocycles. The van der Waals surface area contributed by atoms with Crippen LogP contribution in [-0.2, 0) is 11.2 Å². The molecule has 31 heavy (non-hydrogen) atoms. The summed E-state index contributed by atoms with van der Waals surface area (Å²) in [5.74, 6) is 1.68. The molecule has 4 rings (SSSR count). The fraction of sp³-hybridized carbons (Fsp3) is 0.261. The van der Waals surface area contributed by atoms with Crippen molar-refractivity contribution >= 4 is 23.3 Å². The third-order valence-electron chi connectivity index (χ3n) is 5.32. The van der Waals surface area contributed by atoms with Gasteiger partial charge in [-0.05, 0) is 53.4 Å². The number of hydrogen-bond donors (Lipinski definition) is 1. The summed E-state index contributed by atoms with van der Waals surface area (Å²) >= 11 is 5.88. The summed E-state index contributed by atoms with van der Waals surface area (Å²) in [5, 5.41) is 3.36. The molecule has 3 aromatic rings. The van der Waals surface area contributed by atoms with Gasteiger partial charge in [0.25, 0.3) is 0 Å². The van der Waals surface area contributed by atoms with Gasteiger partial charge in [0.15, 0.2) is 11.5 Å². The molecule has 1 atom stereocenters. The minimum atomic E-state index is -0.146. The van der Waals surface area contributed by atoms with Crippen LogP contribution in [0.15, 0.2) is 55.0 Å². The second-order valence-corrected chi connectivity index (χ2v) is 7.66. The summed E-state index contributed by atoms with van der Waals surface area (Å²) in [6.07, 6.45) is 5.87. The Bertz CT molecular complexity index is 1060. The Balaban J connectivity index is 1.64. The molecule has 1 aliphatic heterocycles. The van der Waals surface area contributed by atoms with Crippen molar-refractivity contribution in [3.05, 3.63) is 76.7 Å². The first-order valence-corrected chi connectivity index (χ1v) is 10.3. The number of pyridine rings is 2. The lowest BCUT2D eigenvalue weighted by Gasteiger charge is -2.37. The molecule has 160 valence electrons. The molecule has 7 nitrogen and oxygen atoms in total.